The van der Waals surface area contributed by atoms with Crippen LogP contribution in [-0.4, -0.2) is 10.1 Å². The number of benzene rings is 2. The largest absolute Gasteiger partial charge is 0.386 e. The molecule has 0 aliphatic heterocycles. The van der Waals surface area contributed by atoms with Gasteiger partial charge in [-0.15, -0.1) is 0 Å². The summed E-state index contributed by atoms with van der Waals surface area (Å²) < 4.78 is 0. The fraction of sp³-hybridized carbons (Fsp3) is 0.118. The molecule has 0 bridgehead atoms. The Morgan fingerprint density at radius 1 is 0.895 bits per heavy atom. The summed E-state index contributed by atoms with van der Waals surface area (Å²) in [6.07, 6.45) is 1.77. The first-order chi connectivity index (χ1) is 9.34. The molecule has 1 N–H and O–H groups in total. The number of aromatic nitrogens is 1. The van der Waals surface area contributed by atoms with Crippen LogP contribution in [0.25, 0.3) is 10.8 Å². The highest BCUT2D eigenvalue weighted by molar-refractivity contribution is 5.84. The molecular formula is C17H15NO. The van der Waals surface area contributed by atoms with Crippen molar-refractivity contribution in [2.24, 2.45) is 0 Å². The van der Waals surface area contributed by atoms with Gasteiger partial charge in [-0.3, -0.25) is 4.98 Å². The third kappa shape index (κ3) is 2.49. The van der Waals surface area contributed by atoms with Gasteiger partial charge < -0.3 is 5.11 Å². The van der Waals surface area contributed by atoms with Gasteiger partial charge in [0.05, 0.1) is 5.69 Å². The lowest BCUT2D eigenvalue weighted by atomic mass is 10.0. The lowest BCUT2D eigenvalue weighted by Crippen LogP contribution is -2.04. The van der Waals surface area contributed by atoms with Gasteiger partial charge in [0.15, 0.2) is 0 Å². The van der Waals surface area contributed by atoms with Gasteiger partial charge in [-0.1, -0.05) is 54.6 Å². The summed E-state index contributed by atoms with van der Waals surface area (Å²) in [5, 5.41) is 12.5. The molecule has 0 aliphatic carbocycles. The molecule has 1 unspecified atom stereocenters. The SMILES string of the molecule is OC(Cc1ccccc1)c1nccc2ccccc12. The van der Waals surface area contributed by atoms with Crippen molar-refractivity contribution in [3.8, 4) is 0 Å². The Labute approximate surface area is 112 Å². The minimum atomic E-state index is -0.575. The molecule has 2 aromatic carbocycles. The van der Waals surface area contributed by atoms with Gasteiger partial charge in [-0.05, 0) is 17.0 Å². The van der Waals surface area contributed by atoms with Crippen LogP contribution in [0.5, 0.6) is 0 Å². The van der Waals surface area contributed by atoms with Gasteiger partial charge in [0, 0.05) is 18.0 Å². The van der Waals surface area contributed by atoms with Gasteiger partial charge in [-0.25, -0.2) is 0 Å². The van der Waals surface area contributed by atoms with Gasteiger partial charge >= 0.3 is 0 Å². The summed E-state index contributed by atoms with van der Waals surface area (Å²) in [6.45, 7) is 0. The lowest BCUT2D eigenvalue weighted by Gasteiger charge is -2.12. The first kappa shape index (κ1) is 11.9. The van der Waals surface area contributed by atoms with Crippen molar-refractivity contribution in [3.05, 3.63) is 78.1 Å². The summed E-state index contributed by atoms with van der Waals surface area (Å²) >= 11 is 0. The Morgan fingerprint density at radius 2 is 1.63 bits per heavy atom. The molecule has 2 nitrogen and oxygen atoms in total. The highest BCUT2D eigenvalue weighted by Crippen LogP contribution is 2.24. The van der Waals surface area contributed by atoms with E-state index in [0.29, 0.717) is 6.42 Å². The molecule has 0 aliphatic rings. The van der Waals surface area contributed by atoms with E-state index < -0.39 is 6.10 Å². The summed E-state index contributed by atoms with van der Waals surface area (Å²) in [5.41, 5.74) is 1.87. The number of pyridine rings is 1. The zero-order chi connectivity index (χ0) is 13.1. The Morgan fingerprint density at radius 3 is 2.47 bits per heavy atom. The van der Waals surface area contributed by atoms with Crippen molar-refractivity contribution in [1.82, 2.24) is 4.98 Å². The monoisotopic (exact) mass is 249 g/mol. The normalized spacial score (nSPS) is 12.5. The van der Waals surface area contributed by atoms with Gasteiger partial charge in [0.1, 0.15) is 6.10 Å². The number of hydrogen-bond donors (Lipinski definition) is 1. The number of rotatable bonds is 3. The quantitative estimate of drug-likeness (QED) is 0.770. The van der Waals surface area contributed by atoms with Crippen LogP contribution in [-0.2, 0) is 6.42 Å². The molecule has 1 heterocycles. The molecule has 0 spiro atoms. The second-order valence-corrected chi connectivity index (χ2v) is 4.62. The zero-order valence-electron chi connectivity index (χ0n) is 10.5. The van der Waals surface area contributed by atoms with Crippen LogP contribution in [0.2, 0.25) is 0 Å². The van der Waals surface area contributed by atoms with Crippen LogP contribution in [0.1, 0.15) is 17.4 Å². The molecule has 0 radical (unpaired) electrons. The average Bonchev–Trinajstić information content (AvgIpc) is 2.47. The van der Waals surface area contributed by atoms with Crippen molar-refractivity contribution in [2.75, 3.05) is 0 Å². The molecule has 0 saturated carbocycles. The van der Waals surface area contributed by atoms with E-state index in [9.17, 15) is 5.11 Å². The maximum absolute atomic E-state index is 10.4. The molecule has 19 heavy (non-hydrogen) atoms. The average molecular weight is 249 g/mol. The van der Waals surface area contributed by atoms with E-state index in [0.717, 1.165) is 22.0 Å². The van der Waals surface area contributed by atoms with E-state index in [2.05, 4.69) is 4.98 Å². The molecule has 3 rings (SSSR count). The van der Waals surface area contributed by atoms with Crippen molar-refractivity contribution in [1.29, 1.82) is 0 Å². The molecular weight excluding hydrogens is 234 g/mol. The van der Waals surface area contributed by atoms with Crippen LogP contribution in [0.4, 0.5) is 0 Å². The van der Waals surface area contributed by atoms with Gasteiger partial charge in [-0.2, -0.15) is 0 Å². The number of nitrogens with zero attached hydrogens (tertiary/aromatic N) is 1. The summed E-state index contributed by atoms with van der Waals surface area (Å²) in [6, 6.07) is 20.0. The predicted octanol–water partition coefficient (Wildman–Crippen LogP) is 3.51. The molecule has 3 aromatic rings. The Kier molecular flexibility index (Phi) is 3.25. The zero-order valence-corrected chi connectivity index (χ0v) is 10.5. The van der Waals surface area contributed by atoms with E-state index in [4.69, 9.17) is 0 Å². The minimum absolute atomic E-state index is 0.575. The summed E-state index contributed by atoms with van der Waals surface area (Å²) in [4.78, 5) is 4.35. The smallest absolute Gasteiger partial charge is 0.101 e. The third-order valence-electron chi connectivity index (χ3n) is 3.29. The van der Waals surface area contributed by atoms with Crippen molar-refractivity contribution in [3.63, 3.8) is 0 Å². The number of hydrogen-bond acceptors (Lipinski definition) is 2. The van der Waals surface area contributed by atoms with E-state index >= 15 is 0 Å². The second kappa shape index (κ2) is 5.21. The highest BCUT2D eigenvalue weighted by Gasteiger charge is 2.13. The molecule has 1 atom stereocenters. The van der Waals surface area contributed by atoms with Crippen LogP contribution in [0.15, 0.2) is 66.9 Å². The highest BCUT2D eigenvalue weighted by atomic mass is 16.3. The van der Waals surface area contributed by atoms with Crippen LogP contribution < -0.4 is 0 Å². The maximum atomic E-state index is 10.4. The Bertz CT molecular complexity index is 674. The Balaban J connectivity index is 1.96. The maximum Gasteiger partial charge on any atom is 0.101 e. The fourth-order valence-corrected chi connectivity index (χ4v) is 2.34. The van der Waals surface area contributed by atoms with Crippen LogP contribution in [0.3, 0.4) is 0 Å². The third-order valence-corrected chi connectivity index (χ3v) is 3.29. The first-order valence-corrected chi connectivity index (χ1v) is 6.40. The molecule has 1 aromatic heterocycles. The van der Waals surface area contributed by atoms with Gasteiger partial charge in [0.25, 0.3) is 0 Å². The second-order valence-electron chi connectivity index (χ2n) is 4.62. The van der Waals surface area contributed by atoms with E-state index in [1.54, 1.807) is 6.20 Å². The molecule has 94 valence electrons. The number of aliphatic hydroxyl groups is 1. The first-order valence-electron chi connectivity index (χ1n) is 6.40. The van der Waals surface area contributed by atoms with Crippen LogP contribution >= 0.6 is 0 Å². The molecule has 0 fully saturated rings. The molecule has 0 saturated heterocycles. The Hall–Kier alpha value is -2.19. The van der Waals surface area contributed by atoms with Gasteiger partial charge in [0.2, 0.25) is 0 Å². The minimum Gasteiger partial charge on any atom is -0.386 e. The summed E-state index contributed by atoms with van der Waals surface area (Å²) in [7, 11) is 0. The standard InChI is InChI=1S/C17H15NO/c19-16(12-13-6-2-1-3-7-13)17-15-9-5-4-8-14(15)10-11-18-17/h1-11,16,19H,12H2. The molecule has 2 heteroatoms. The predicted molar refractivity (Wildman–Crippen MR) is 76.8 cm³/mol. The molecule has 0 amide bonds. The fourth-order valence-electron chi connectivity index (χ4n) is 2.34. The van der Waals surface area contributed by atoms with E-state index in [1.807, 2.05) is 60.7 Å². The van der Waals surface area contributed by atoms with Crippen molar-refractivity contribution >= 4 is 10.8 Å². The summed E-state index contributed by atoms with van der Waals surface area (Å²) in [5.74, 6) is 0. The lowest BCUT2D eigenvalue weighted by molar-refractivity contribution is 0.175. The topological polar surface area (TPSA) is 33.1 Å². The van der Waals surface area contributed by atoms with E-state index in [1.165, 1.54) is 0 Å². The van der Waals surface area contributed by atoms with Crippen molar-refractivity contribution < 1.29 is 5.11 Å². The number of fused-ring (bicyclic) bond motifs is 1. The number of aliphatic hydroxyl groups excluding tert-OH is 1. The van der Waals surface area contributed by atoms with E-state index in [-0.39, 0.29) is 0 Å². The van der Waals surface area contributed by atoms with Crippen LogP contribution in [0, 0.1) is 0 Å². The van der Waals surface area contributed by atoms with Crippen molar-refractivity contribution in [2.45, 2.75) is 12.5 Å².